The van der Waals surface area contributed by atoms with Gasteiger partial charge in [-0.1, -0.05) is 11.6 Å². The number of aryl methyl sites for hydroxylation is 1. The van der Waals surface area contributed by atoms with Crippen molar-refractivity contribution in [2.24, 2.45) is 0 Å². The van der Waals surface area contributed by atoms with Crippen LogP contribution in [0.1, 0.15) is 5.56 Å². The average molecular weight is 310 g/mol. The second-order valence-corrected chi connectivity index (χ2v) is 4.42. The molecule has 1 heterocycles. The van der Waals surface area contributed by atoms with Gasteiger partial charge in [0.05, 0.1) is 20.4 Å². The van der Waals surface area contributed by atoms with Crippen LogP contribution in [0.2, 0.25) is 5.02 Å². The van der Waals surface area contributed by atoms with Crippen LogP contribution in [0.5, 0.6) is 0 Å². The van der Waals surface area contributed by atoms with Crippen molar-refractivity contribution in [3.8, 4) is 0 Å². The van der Waals surface area contributed by atoms with E-state index in [1.165, 1.54) is 13.0 Å². The van der Waals surface area contributed by atoms with Crippen molar-refractivity contribution in [2.75, 3.05) is 0 Å². The van der Waals surface area contributed by atoms with Gasteiger partial charge in [-0.15, -0.1) is 0 Å². The molecule has 6 heteroatoms. The summed E-state index contributed by atoms with van der Waals surface area (Å²) in [6.07, 6.45) is 0. The van der Waals surface area contributed by atoms with E-state index in [4.69, 9.17) is 11.6 Å². The summed E-state index contributed by atoms with van der Waals surface area (Å²) < 4.78 is 39.9. The van der Waals surface area contributed by atoms with Crippen LogP contribution in [0.25, 0.3) is 10.9 Å². The summed E-state index contributed by atoms with van der Waals surface area (Å²) in [5.41, 5.74) is 0.0392. The Balaban J connectivity index is 3.03. The lowest BCUT2D eigenvalue weighted by Crippen LogP contribution is -1.96. The highest BCUT2D eigenvalue weighted by Gasteiger charge is 2.19. The smallest absolute Gasteiger partial charge is 0.218 e. The van der Waals surface area contributed by atoms with Crippen LogP contribution in [0, 0.1) is 24.5 Å². The highest BCUT2D eigenvalue weighted by molar-refractivity contribution is 9.10. The first kappa shape index (κ1) is 11.7. The first-order valence-electron chi connectivity index (χ1n) is 4.22. The van der Waals surface area contributed by atoms with Gasteiger partial charge in [0.1, 0.15) is 0 Å². The van der Waals surface area contributed by atoms with Gasteiger partial charge in [-0.05, 0) is 34.5 Å². The molecular formula is C10H4BrClF3N. The number of fused-ring (bicyclic) bond motifs is 1. The number of halogens is 5. The van der Waals surface area contributed by atoms with Crippen LogP contribution < -0.4 is 0 Å². The summed E-state index contributed by atoms with van der Waals surface area (Å²) in [6.45, 7) is 1.37. The van der Waals surface area contributed by atoms with E-state index in [1.54, 1.807) is 0 Å². The van der Waals surface area contributed by atoms with E-state index < -0.39 is 17.6 Å². The Morgan fingerprint density at radius 1 is 1.25 bits per heavy atom. The molecule has 0 fully saturated rings. The zero-order chi connectivity index (χ0) is 12.0. The lowest BCUT2D eigenvalue weighted by molar-refractivity contribution is 0.510. The molecule has 0 saturated carbocycles. The van der Waals surface area contributed by atoms with Crippen LogP contribution in [0.15, 0.2) is 10.5 Å². The average Bonchev–Trinajstić information content (AvgIpc) is 2.23. The van der Waals surface area contributed by atoms with E-state index >= 15 is 0 Å². The molecule has 0 aliphatic carbocycles. The fourth-order valence-corrected chi connectivity index (χ4v) is 1.93. The van der Waals surface area contributed by atoms with Crippen LogP contribution in [-0.4, -0.2) is 4.98 Å². The van der Waals surface area contributed by atoms with Gasteiger partial charge in [0.25, 0.3) is 0 Å². The van der Waals surface area contributed by atoms with Crippen molar-refractivity contribution in [3.05, 3.63) is 38.7 Å². The number of rotatable bonds is 0. The number of pyridine rings is 1. The molecule has 0 spiro atoms. The topological polar surface area (TPSA) is 12.9 Å². The minimum Gasteiger partial charge on any atom is -0.218 e. The van der Waals surface area contributed by atoms with E-state index in [0.717, 1.165) is 0 Å². The molecular weight excluding hydrogens is 306 g/mol. The Labute approximate surface area is 102 Å². The summed E-state index contributed by atoms with van der Waals surface area (Å²) in [4.78, 5) is 3.49. The summed E-state index contributed by atoms with van der Waals surface area (Å²) >= 11 is 8.55. The zero-order valence-electron chi connectivity index (χ0n) is 7.91. The predicted octanol–water partition coefficient (Wildman–Crippen LogP) is 4.38. The first-order valence-corrected chi connectivity index (χ1v) is 5.39. The largest absolute Gasteiger partial charge is 0.229 e. The van der Waals surface area contributed by atoms with Gasteiger partial charge in [0.15, 0.2) is 11.6 Å². The molecule has 0 bridgehead atoms. The molecule has 2 rings (SSSR count). The lowest BCUT2D eigenvalue weighted by atomic mass is 10.1. The van der Waals surface area contributed by atoms with Crippen molar-refractivity contribution < 1.29 is 13.2 Å². The molecule has 2 aromatic rings. The molecule has 0 atom stereocenters. The molecule has 16 heavy (non-hydrogen) atoms. The second-order valence-electron chi connectivity index (χ2n) is 3.25. The van der Waals surface area contributed by atoms with Crippen LogP contribution >= 0.6 is 27.5 Å². The first-order chi connectivity index (χ1) is 7.43. The molecule has 0 radical (unpaired) electrons. The molecule has 0 aliphatic rings. The fourth-order valence-electron chi connectivity index (χ4n) is 1.39. The molecule has 0 unspecified atom stereocenters. The quantitative estimate of drug-likeness (QED) is 0.658. The predicted molar refractivity (Wildman–Crippen MR) is 59.1 cm³/mol. The van der Waals surface area contributed by atoms with E-state index in [0.29, 0.717) is 0 Å². The summed E-state index contributed by atoms with van der Waals surface area (Å²) in [7, 11) is 0. The molecule has 1 aromatic carbocycles. The maximum Gasteiger partial charge on any atom is 0.229 e. The van der Waals surface area contributed by atoms with Crippen molar-refractivity contribution in [2.45, 2.75) is 6.92 Å². The van der Waals surface area contributed by atoms with Crippen LogP contribution in [0.4, 0.5) is 13.2 Å². The van der Waals surface area contributed by atoms with Gasteiger partial charge in [-0.25, -0.2) is 13.8 Å². The van der Waals surface area contributed by atoms with Crippen LogP contribution in [-0.2, 0) is 0 Å². The third-order valence-corrected chi connectivity index (χ3v) is 3.51. The number of aromatic nitrogens is 1. The molecule has 84 valence electrons. The Morgan fingerprint density at radius 3 is 2.50 bits per heavy atom. The van der Waals surface area contributed by atoms with Gasteiger partial charge in [-0.2, -0.15) is 4.39 Å². The van der Waals surface area contributed by atoms with Crippen molar-refractivity contribution in [1.82, 2.24) is 4.98 Å². The van der Waals surface area contributed by atoms with E-state index in [-0.39, 0.29) is 26.0 Å². The SMILES string of the molecule is Cc1cc2nc(F)c(Br)c(Cl)c2c(F)c1F. The summed E-state index contributed by atoms with van der Waals surface area (Å²) in [5, 5.41) is -0.447. The third-order valence-electron chi connectivity index (χ3n) is 2.18. The maximum absolute atomic E-state index is 13.6. The molecule has 0 N–H and O–H groups in total. The summed E-state index contributed by atoms with van der Waals surface area (Å²) in [6, 6.07) is 1.25. The number of nitrogens with zero attached hydrogens (tertiary/aromatic N) is 1. The van der Waals surface area contributed by atoms with Gasteiger partial charge >= 0.3 is 0 Å². The van der Waals surface area contributed by atoms with E-state index in [2.05, 4.69) is 20.9 Å². The fraction of sp³-hybridized carbons (Fsp3) is 0.100. The third kappa shape index (κ3) is 1.58. The zero-order valence-corrected chi connectivity index (χ0v) is 10.3. The minimum atomic E-state index is -1.12. The monoisotopic (exact) mass is 309 g/mol. The highest BCUT2D eigenvalue weighted by atomic mass is 79.9. The number of benzene rings is 1. The van der Waals surface area contributed by atoms with Crippen LogP contribution in [0.3, 0.4) is 0 Å². The Bertz CT molecular complexity index is 552. The molecule has 0 saturated heterocycles. The van der Waals surface area contributed by atoms with E-state index in [1.807, 2.05) is 0 Å². The maximum atomic E-state index is 13.6. The van der Waals surface area contributed by atoms with E-state index in [9.17, 15) is 13.2 Å². The van der Waals surface area contributed by atoms with Crippen molar-refractivity contribution in [1.29, 1.82) is 0 Å². The Hall–Kier alpha value is -0.810. The van der Waals surface area contributed by atoms with Crippen molar-refractivity contribution >= 4 is 38.4 Å². The minimum absolute atomic E-state index is 0.0119. The van der Waals surface area contributed by atoms with Crippen molar-refractivity contribution in [3.63, 3.8) is 0 Å². The van der Waals surface area contributed by atoms with Gasteiger partial charge in [-0.3, -0.25) is 0 Å². The molecule has 1 nitrogen and oxygen atoms in total. The molecule has 1 aromatic heterocycles. The van der Waals surface area contributed by atoms with Gasteiger partial charge in [0, 0.05) is 0 Å². The molecule has 0 aliphatic heterocycles. The summed E-state index contributed by atoms with van der Waals surface area (Å²) in [5.74, 6) is -2.98. The van der Waals surface area contributed by atoms with Gasteiger partial charge in [0.2, 0.25) is 5.95 Å². The normalized spacial score (nSPS) is 11.1. The molecule has 0 amide bonds. The number of hydrogen-bond acceptors (Lipinski definition) is 1. The second kappa shape index (κ2) is 3.89. The number of hydrogen-bond donors (Lipinski definition) is 0. The lowest BCUT2D eigenvalue weighted by Gasteiger charge is -2.07. The standard InChI is InChI=1S/C10H4BrClF3N/c1-3-2-4-5(9(14)8(3)13)7(12)6(11)10(15)16-4/h2H,1H3. The van der Waals surface area contributed by atoms with Gasteiger partial charge < -0.3 is 0 Å². The Morgan fingerprint density at radius 2 is 1.88 bits per heavy atom. The Kier molecular flexibility index (Phi) is 2.84. The highest BCUT2D eigenvalue weighted by Crippen LogP contribution is 2.34.